The maximum Gasteiger partial charge on any atom is 0.253 e. The van der Waals surface area contributed by atoms with Gasteiger partial charge in [0.05, 0.1) is 10.6 Å². The highest BCUT2D eigenvalue weighted by atomic mass is 79.9. The molecular formula is C12H14BrCl2NO. The van der Waals surface area contributed by atoms with E-state index in [0.717, 1.165) is 6.42 Å². The molecule has 0 spiro atoms. The van der Waals surface area contributed by atoms with Gasteiger partial charge in [-0.05, 0) is 31.5 Å². The van der Waals surface area contributed by atoms with Crippen LogP contribution in [0.1, 0.15) is 30.6 Å². The van der Waals surface area contributed by atoms with Crippen molar-refractivity contribution in [2.75, 3.05) is 5.33 Å². The van der Waals surface area contributed by atoms with Crippen molar-refractivity contribution in [3.63, 3.8) is 0 Å². The molecule has 1 aromatic carbocycles. The van der Waals surface area contributed by atoms with E-state index < -0.39 is 0 Å². The van der Waals surface area contributed by atoms with Gasteiger partial charge in [-0.1, -0.05) is 46.1 Å². The lowest BCUT2D eigenvalue weighted by atomic mass is 10.0. The van der Waals surface area contributed by atoms with Crippen molar-refractivity contribution in [2.45, 2.75) is 25.8 Å². The molecule has 0 aliphatic carbocycles. The van der Waals surface area contributed by atoms with Gasteiger partial charge in [0, 0.05) is 15.9 Å². The Morgan fingerprint density at radius 2 is 2.12 bits per heavy atom. The van der Waals surface area contributed by atoms with E-state index in [4.69, 9.17) is 23.2 Å². The van der Waals surface area contributed by atoms with Crippen molar-refractivity contribution in [2.24, 2.45) is 0 Å². The summed E-state index contributed by atoms with van der Waals surface area (Å²) in [5.41, 5.74) is 0.114. The van der Waals surface area contributed by atoms with Crippen LogP contribution in [0.3, 0.4) is 0 Å². The van der Waals surface area contributed by atoms with E-state index in [1.807, 2.05) is 13.8 Å². The average Bonchev–Trinajstić information content (AvgIpc) is 2.32. The Hall–Kier alpha value is -0.250. The molecule has 0 aliphatic heterocycles. The third kappa shape index (κ3) is 3.87. The number of carbonyl (C=O) groups excluding carboxylic acids is 1. The summed E-state index contributed by atoms with van der Waals surface area (Å²) in [6, 6.07) is 4.85. The molecule has 0 saturated carbocycles. The van der Waals surface area contributed by atoms with Crippen LogP contribution < -0.4 is 5.32 Å². The Morgan fingerprint density at radius 1 is 1.47 bits per heavy atom. The molecule has 1 unspecified atom stereocenters. The summed E-state index contributed by atoms with van der Waals surface area (Å²) in [6.45, 7) is 3.99. The van der Waals surface area contributed by atoms with Gasteiger partial charge in [-0.2, -0.15) is 0 Å². The molecule has 5 heteroatoms. The zero-order valence-corrected chi connectivity index (χ0v) is 12.8. The molecule has 94 valence electrons. The number of halogens is 3. The minimum atomic E-state index is -0.289. The van der Waals surface area contributed by atoms with E-state index in [1.54, 1.807) is 18.2 Å². The molecule has 0 fully saturated rings. The van der Waals surface area contributed by atoms with E-state index in [1.165, 1.54) is 0 Å². The number of carbonyl (C=O) groups is 1. The first-order chi connectivity index (χ1) is 7.91. The van der Waals surface area contributed by atoms with Gasteiger partial charge >= 0.3 is 0 Å². The minimum absolute atomic E-state index is 0.207. The van der Waals surface area contributed by atoms with Crippen LogP contribution in [0, 0.1) is 0 Å². The first kappa shape index (κ1) is 14.8. The molecular weight excluding hydrogens is 325 g/mol. The summed E-state index contributed by atoms with van der Waals surface area (Å²) in [7, 11) is 0. The van der Waals surface area contributed by atoms with Crippen LogP contribution >= 0.6 is 39.1 Å². The monoisotopic (exact) mass is 337 g/mol. The number of rotatable bonds is 4. The second-order valence-corrected chi connectivity index (χ2v) is 5.53. The fraction of sp³-hybridized carbons (Fsp3) is 0.417. The standard InChI is InChI=1S/C12H14BrCl2NO/c1-3-12(2,7-13)16-11(17)9-6-8(14)4-5-10(9)15/h4-6H,3,7H2,1-2H3,(H,16,17). The molecule has 0 radical (unpaired) electrons. The summed E-state index contributed by atoms with van der Waals surface area (Å²) < 4.78 is 0. The van der Waals surface area contributed by atoms with E-state index in [-0.39, 0.29) is 11.4 Å². The van der Waals surface area contributed by atoms with Crippen LogP contribution in [0.5, 0.6) is 0 Å². The second-order valence-electron chi connectivity index (χ2n) is 4.13. The van der Waals surface area contributed by atoms with Gasteiger partial charge in [-0.25, -0.2) is 0 Å². The Labute approximate surface area is 120 Å². The van der Waals surface area contributed by atoms with Crippen molar-refractivity contribution >= 4 is 45.0 Å². The van der Waals surface area contributed by atoms with Crippen molar-refractivity contribution in [1.29, 1.82) is 0 Å². The van der Waals surface area contributed by atoms with Gasteiger partial charge < -0.3 is 5.32 Å². The quantitative estimate of drug-likeness (QED) is 0.815. The maximum absolute atomic E-state index is 12.1. The molecule has 0 heterocycles. The number of benzene rings is 1. The van der Waals surface area contributed by atoms with E-state index in [2.05, 4.69) is 21.2 Å². The van der Waals surface area contributed by atoms with Crippen LogP contribution in [0.25, 0.3) is 0 Å². The summed E-state index contributed by atoms with van der Waals surface area (Å²) in [5.74, 6) is -0.207. The SMILES string of the molecule is CCC(C)(CBr)NC(=O)c1cc(Cl)ccc1Cl. The molecule has 0 aromatic heterocycles. The van der Waals surface area contributed by atoms with E-state index >= 15 is 0 Å². The predicted molar refractivity (Wildman–Crippen MR) is 76.4 cm³/mol. The Morgan fingerprint density at radius 3 is 2.65 bits per heavy atom. The lowest BCUT2D eigenvalue weighted by molar-refractivity contribution is 0.0913. The zero-order chi connectivity index (χ0) is 13.1. The minimum Gasteiger partial charge on any atom is -0.346 e. The molecule has 1 N–H and O–H groups in total. The second kappa shape index (κ2) is 6.07. The lowest BCUT2D eigenvalue weighted by Gasteiger charge is -2.27. The van der Waals surface area contributed by atoms with Crippen LogP contribution in [-0.4, -0.2) is 16.8 Å². The molecule has 0 saturated heterocycles. The largest absolute Gasteiger partial charge is 0.346 e. The number of nitrogens with one attached hydrogen (secondary N) is 1. The maximum atomic E-state index is 12.1. The van der Waals surface area contributed by atoms with Crippen LogP contribution in [0.15, 0.2) is 18.2 Å². The van der Waals surface area contributed by atoms with Gasteiger partial charge in [-0.3, -0.25) is 4.79 Å². The van der Waals surface area contributed by atoms with E-state index in [9.17, 15) is 4.79 Å². The summed E-state index contributed by atoms with van der Waals surface area (Å²) >= 11 is 15.2. The summed E-state index contributed by atoms with van der Waals surface area (Å²) in [5, 5.41) is 4.53. The molecule has 0 bridgehead atoms. The van der Waals surface area contributed by atoms with Crippen molar-refractivity contribution < 1.29 is 4.79 Å². The highest BCUT2D eigenvalue weighted by molar-refractivity contribution is 9.09. The van der Waals surface area contributed by atoms with Gasteiger partial charge in [-0.15, -0.1) is 0 Å². The third-order valence-electron chi connectivity index (χ3n) is 2.66. The topological polar surface area (TPSA) is 29.1 Å². The third-order valence-corrected chi connectivity index (χ3v) is 4.47. The van der Waals surface area contributed by atoms with Gasteiger partial charge in [0.25, 0.3) is 5.91 Å². The fourth-order valence-electron chi connectivity index (χ4n) is 1.23. The highest BCUT2D eigenvalue weighted by Crippen LogP contribution is 2.22. The summed E-state index contributed by atoms with van der Waals surface area (Å²) in [4.78, 5) is 12.1. The zero-order valence-electron chi connectivity index (χ0n) is 9.69. The highest BCUT2D eigenvalue weighted by Gasteiger charge is 2.24. The fourth-order valence-corrected chi connectivity index (χ4v) is 2.14. The van der Waals surface area contributed by atoms with Gasteiger partial charge in [0.1, 0.15) is 0 Å². The molecule has 1 rings (SSSR count). The van der Waals surface area contributed by atoms with Gasteiger partial charge in [0.15, 0.2) is 0 Å². The number of alkyl halides is 1. The Bertz CT molecular complexity index is 419. The molecule has 2 nitrogen and oxygen atoms in total. The normalized spacial score (nSPS) is 14.2. The van der Waals surface area contributed by atoms with Crippen LogP contribution in [-0.2, 0) is 0 Å². The van der Waals surface area contributed by atoms with Crippen LogP contribution in [0.2, 0.25) is 10.0 Å². The molecule has 0 aliphatic rings. The van der Waals surface area contributed by atoms with Crippen LogP contribution in [0.4, 0.5) is 0 Å². The number of hydrogen-bond acceptors (Lipinski definition) is 1. The molecule has 1 amide bonds. The van der Waals surface area contributed by atoms with E-state index in [0.29, 0.717) is 20.9 Å². The predicted octanol–water partition coefficient (Wildman–Crippen LogP) is 4.29. The molecule has 1 aromatic rings. The average molecular weight is 339 g/mol. The number of amides is 1. The first-order valence-electron chi connectivity index (χ1n) is 5.25. The molecule has 17 heavy (non-hydrogen) atoms. The molecule has 1 atom stereocenters. The number of hydrogen-bond donors (Lipinski definition) is 1. The smallest absolute Gasteiger partial charge is 0.253 e. The Balaban J connectivity index is 2.94. The lowest BCUT2D eigenvalue weighted by Crippen LogP contribution is -2.47. The van der Waals surface area contributed by atoms with Crippen molar-refractivity contribution in [3.05, 3.63) is 33.8 Å². The summed E-state index contributed by atoms with van der Waals surface area (Å²) in [6.07, 6.45) is 0.822. The first-order valence-corrected chi connectivity index (χ1v) is 7.13. The van der Waals surface area contributed by atoms with Crippen molar-refractivity contribution in [3.8, 4) is 0 Å². The van der Waals surface area contributed by atoms with Gasteiger partial charge in [0.2, 0.25) is 0 Å². The Kier molecular flexibility index (Phi) is 5.29. The van der Waals surface area contributed by atoms with Crippen molar-refractivity contribution in [1.82, 2.24) is 5.32 Å².